The van der Waals surface area contributed by atoms with Gasteiger partial charge in [-0.3, -0.25) is 0 Å². The van der Waals surface area contributed by atoms with Gasteiger partial charge in [-0.25, -0.2) is 4.99 Å². The van der Waals surface area contributed by atoms with Crippen molar-refractivity contribution in [3.8, 4) is 0 Å². The molecule has 2 aliphatic rings. The predicted octanol–water partition coefficient (Wildman–Crippen LogP) is 3.10. The van der Waals surface area contributed by atoms with Crippen molar-refractivity contribution in [3.05, 3.63) is 66.4 Å². The molecule has 21 heavy (non-hydrogen) atoms. The van der Waals surface area contributed by atoms with Crippen LogP contribution in [0.4, 0.5) is 5.69 Å². The minimum Gasteiger partial charge on any atom is -0.404 e. The molecule has 3 nitrogen and oxygen atoms in total. The van der Waals surface area contributed by atoms with E-state index in [4.69, 9.17) is 10.7 Å². The number of nitrogens with zero attached hydrogens (tertiary/aromatic N) is 1. The van der Waals surface area contributed by atoms with E-state index in [1.54, 1.807) is 6.20 Å². The van der Waals surface area contributed by atoms with E-state index in [-0.39, 0.29) is 5.41 Å². The summed E-state index contributed by atoms with van der Waals surface area (Å²) in [7, 11) is 0. The van der Waals surface area contributed by atoms with Crippen LogP contribution in [0.2, 0.25) is 0 Å². The van der Waals surface area contributed by atoms with E-state index >= 15 is 0 Å². The number of piperidine rings is 1. The minimum atomic E-state index is -0.000832. The van der Waals surface area contributed by atoms with Crippen LogP contribution in [-0.2, 0) is 0 Å². The Labute approximate surface area is 126 Å². The standard InChI is InChI=1S/C18H21N3/c1-2-18-11-14(12-19)17(10-15(18)8-9-20-13-18)21-16-6-4-3-5-7-16/h2-7,10,12,20H,1,8-9,11,13,19H2. The molecule has 1 aliphatic heterocycles. The van der Waals surface area contributed by atoms with Gasteiger partial charge in [-0.1, -0.05) is 29.8 Å². The molecule has 1 unspecified atom stereocenters. The lowest BCUT2D eigenvalue weighted by Crippen LogP contribution is -2.43. The van der Waals surface area contributed by atoms with Gasteiger partial charge in [-0.2, -0.15) is 0 Å². The topological polar surface area (TPSA) is 50.4 Å². The maximum absolute atomic E-state index is 5.86. The molecule has 1 heterocycles. The van der Waals surface area contributed by atoms with E-state index in [1.165, 1.54) is 5.57 Å². The third-order valence-electron chi connectivity index (χ3n) is 4.39. The average molecular weight is 279 g/mol. The van der Waals surface area contributed by atoms with Gasteiger partial charge in [-0.05, 0) is 49.4 Å². The average Bonchev–Trinajstić information content (AvgIpc) is 2.55. The fraction of sp³-hybridized carbons (Fsp3) is 0.278. The van der Waals surface area contributed by atoms with Crippen LogP contribution in [0.3, 0.4) is 0 Å². The molecule has 108 valence electrons. The van der Waals surface area contributed by atoms with Gasteiger partial charge in [-0.15, -0.1) is 6.58 Å². The Balaban J connectivity index is 2.05. The molecule has 1 fully saturated rings. The lowest BCUT2D eigenvalue weighted by Gasteiger charge is -2.41. The van der Waals surface area contributed by atoms with Crippen LogP contribution >= 0.6 is 0 Å². The number of nitrogens with one attached hydrogen (secondary N) is 1. The van der Waals surface area contributed by atoms with E-state index < -0.39 is 0 Å². The van der Waals surface area contributed by atoms with Gasteiger partial charge in [0.15, 0.2) is 0 Å². The number of fused-ring (bicyclic) bond motifs is 1. The number of para-hydroxylation sites is 1. The molecule has 3 heteroatoms. The van der Waals surface area contributed by atoms with Crippen molar-refractivity contribution in [2.75, 3.05) is 13.1 Å². The maximum Gasteiger partial charge on any atom is 0.0683 e. The lowest BCUT2D eigenvalue weighted by atomic mass is 9.67. The summed E-state index contributed by atoms with van der Waals surface area (Å²) in [5, 5.41) is 3.46. The Hall–Kier alpha value is -2.13. The number of allylic oxidation sites excluding steroid dienone is 2. The zero-order chi connectivity index (χ0) is 14.7. The van der Waals surface area contributed by atoms with Crippen LogP contribution in [-0.4, -0.2) is 18.8 Å². The van der Waals surface area contributed by atoms with Gasteiger partial charge in [0, 0.05) is 12.0 Å². The van der Waals surface area contributed by atoms with Crippen LogP contribution in [0.15, 0.2) is 71.4 Å². The highest BCUT2D eigenvalue weighted by molar-refractivity contribution is 6.11. The number of hydrogen-bond donors (Lipinski definition) is 2. The number of aliphatic imine (C=N–C) groups is 1. The van der Waals surface area contributed by atoms with E-state index in [2.05, 4.69) is 24.0 Å². The third-order valence-corrected chi connectivity index (χ3v) is 4.39. The maximum atomic E-state index is 5.86. The first-order valence-electron chi connectivity index (χ1n) is 7.38. The highest BCUT2D eigenvalue weighted by atomic mass is 14.9. The number of benzene rings is 1. The van der Waals surface area contributed by atoms with Crippen molar-refractivity contribution < 1.29 is 0 Å². The summed E-state index contributed by atoms with van der Waals surface area (Å²) in [6, 6.07) is 10.0. The summed E-state index contributed by atoms with van der Waals surface area (Å²) >= 11 is 0. The van der Waals surface area contributed by atoms with Crippen molar-refractivity contribution in [3.63, 3.8) is 0 Å². The zero-order valence-corrected chi connectivity index (χ0v) is 12.2. The van der Waals surface area contributed by atoms with Gasteiger partial charge < -0.3 is 11.1 Å². The molecule has 1 aromatic carbocycles. The number of rotatable bonds is 2. The smallest absolute Gasteiger partial charge is 0.0683 e. The van der Waals surface area contributed by atoms with Gasteiger partial charge >= 0.3 is 0 Å². The third kappa shape index (κ3) is 2.57. The summed E-state index contributed by atoms with van der Waals surface area (Å²) in [4.78, 5) is 4.76. The first kappa shape index (κ1) is 13.8. The molecule has 0 saturated carbocycles. The second-order valence-corrected chi connectivity index (χ2v) is 5.66. The first-order valence-corrected chi connectivity index (χ1v) is 7.38. The second kappa shape index (κ2) is 5.70. The second-order valence-electron chi connectivity index (χ2n) is 5.66. The van der Waals surface area contributed by atoms with Gasteiger partial charge in [0.05, 0.1) is 11.4 Å². The predicted molar refractivity (Wildman–Crippen MR) is 88.6 cm³/mol. The fourth-order valence-corrected chi connectivity index (χ4v) is 3.14. The van der Waals surface area contributed by atoms with Crippen LogP contribution in [0.1, 0.15) is 12.8 Å². The monoisotopic (exact) mass is 279 g/mol. The summed E-state index contributed by atoms with van der Waals surface area (Å²) in [6.45, 7) is 5.99. The molecule has 3 rings (SSSR count). The Morgan fingerprint density at radius 1 is 1.29 bits per heavy atom. The largest absolute Gasteiger partial charge is 0.404 e. The molecule has 1 aromatic rings. The summed E-state index contributed by atoms with van der Waals surface area (Å²) in [5.74, 6) is 0. The van der Waals surface area contributed by atoms with Crippen LogP contribution in [0.25, 0.3) is 0 Å². The van der Waals surface area contributed by atoms with Gasteiger partial charge in [0.1, 0.15) is 0 Å². The van der Waals surface area contributed by atoms with Crippen molar-refractivity contribution >= 4 is 11.4 Å². The first-order chi connectivity index (χ1) is 10.3. The van der Waals surface area contributed by atoms with Crippen molar-refractivity contribution in [2.24, 2.45) is 16.1 Å². The SMILES string of the molecule is C=CC12CNCCC1=CC(=Nc1ccccc1)C(=CN)C2. The normalized spacial score (nSPS) is 29.0. The number of nitrogens with two attached hydrogens (primary N) is 1. The van der Waals surface area contributed by atoms with Crippen LogP contribution in [0, 0.1) is 5.41 Å². The van der Waals surface area contributed by atoms with Crippen LogP contribution in [0.5, 0.6) is 0 Å². The zero-order valence-electron chi connectivity index (χ0n) is 12.2. The minimum absolute atomic E-state index is 0.000832. The van der Waals surface area contributed by atoms with Crippen molar-refractivity contribution in [2.45, 2.75) is 12.8 Å². The Bertz CT molecular complexity index is 625. The molecule has 0 bridgehead atoms. The van der Waals surface area contributed by atoms with Gasteiger partial charge in [0.2, 0.25) is 0 Å². The Morgan fingerprint density at radius 2 is 2.10 bits per heavy atom. The molecule has 1 saturated heterocycles. The Morgan fingerprint density at radius 3 is 2.81 bits per heavy atom. The summed E-state index contributed by atoms with van der Waals surface area (Å²) in [5.41, 5.74) is 10.3. The molecular formula is C18H21N3. The highest BCUT2D eigenvalue weighted by Crippen LogP contribution is 2.43. The van der Waals surface area contributed by atoms with E-state index in [9.17, 15) is 0 Å². The van der Waals surface area contributed by atoms with E-state index in [1.807, 2.05) is 30.3 Å². The molecule has 0 amide bonds. The molecule has 1 atom stereocenters. The summed E-state index contributed by atoms with van der Waals surface area (Å²) in [6.07, 6.45) is 7.87. The van der Waals surface area contributed by atoms with Crippen molar-refractivity contribution in [1.29, 1.82) is 0 Å². The molecule has 0 aromatic heterocycles. The van der Waals surface area contributed by atoms with Crippen molar-refractivity contribution in [1.82, 2.24) is 5.32 Å². The highest BCUT2D eigenvalue weighted by Gasteiger charge is 2.38. The van der Waals surface area contributed by atoms with Crippen LogP contribution < -0.4 is 11.1 Å². The molecule has 1 aliphatic carbocycles. The molecule has 0 spiro atoms. The summed E-state index contributed by atoms with van der Waals surface area (Å²) < 4.78 is 0. The Kier molecular flexibility index (Phi) is 3.76. The lowest BCUT2D eigenvalue weighted by molar-refractivity contribution is 0.366. The molecular weight excluding hydrogens is 258 g/mol. The quantitative estimate of drug-likeness (QED) is 0.817. The molecule has 3 N–H and O–H groups in total. The fourth-order valence-electron chi connectivity index (χ4n) is 3.14. The van der Waals surface area contributed by atoms with E-state index in [0.717, 1.165) is 42.9 Å². The van der Waals surface area contributed by atoms with E-state index in [0.29, 0.717) is 0 Å². The van der Waals surface area contributed by atoms with Gasteiger partial charge in [0.25, 0.3) is 0 Å². The number of hydrogen-bond acceptors (Lipinski definition) is 3. The molecule has 0 radical (unpaired) electrons.